The van der Waals surface area contributed by atoms with E-state index in [1.54, 1.807) is 24.1 Å². The van der Waals surface area contributed by atoms with Crippen LogP contribution < -0.4 is 0 Å². The minimum absolute atomic E-state index is 0.0228. The summed E-state index contributed by atoms with van der Waals surface area (Å²) >= 11 is 13.5. The fourth-order valence-electron chi connectivity index (χ4n) is 2.51. The first-order valence-corrected chi connectivity index (χ1v) is 10.5. The van der Waals surface area contributed by atoms with Gasteiger partial charge in [0.2, 0.25) is 17.6 Å². The van der Waals surface area contributed by atoms with E-state index in [0.29, 0.717) is 33.3 Å². The predicted octanol–water partition coefficient (Wildman–Crippen LogP) is 5.24. The van der Waals surface area contributed by atoms with E-state index in [2.05, 4.69) is 10.1 Å². The third-order valence-electron chi connectivity index (χ3n) is 4.04. The number of hydrogen-bond donors (Lipinski definition) is 0. The van der Waals surface area contributed by atoms with E-state index >= 15 is 0 Å². The molecular weight excluding hydrogens is 417 g/mol. The van der Waals surface area contributed by atoms with E-state index in [0.717, 1.165) is 16.7 Å². The first-order chi connectivity index (χ1) is 13.4. The van der Waals surface area contributed by atoms with E-state index < -0.39 is 0 Å². The van der Waals surface area contributed by atoms with Gasteiger partial charge in [0.25, 0.3) is 0 Å². The van der Waals surface area contributed by atoms with E-state index in [-0.39, 0.29) is 12.5 Å². The fourth-order valence-corrected chi connectivity index (χ4v) is 4.03. The lowest BCUT2D eigenvalue weighted by molar-refractivity contribution is -0.127. The Morgan fingerprint density at radius 3 is 2.79 bits per heavy atom. The molecular formula is C20H19Cl2N3O2S. The minimum atomic E-state index is -0.0228. The Balaban J connectivity index is 1.51. The zero-order valence-electron chi connectivity index (χ0n) is 15.5. The van der Waals surface area contributed by atoms with Gasteiger partial charge in [-0.1, -0.05) is 58.2 Å². The summed E-state index contributed by atoms with van der Waals surface area (Å²) in [6, 6.07) is 13.2. The van der Waals surface area contributed by atoms with Crippen LogP contribution in [0.5, 0.6) is 0 Å². The third kappa shape index (κ3) is 5.50. The van der Waals surface area contributed by atoms with Crippen molar-refractivity contribution in [2.75, 3.05) is 12.8 Å². The van der Waals surface area contributed by atoms with Gasteiger partial charge in [-0.2, -0.15) is 4.98 Å². The maximum Gasteiger partial charge on any atom is 0.246 e. The van der Waals surface area contributed by atoms with Gasteiger partial charge < -0.3 is 9.42 Å². The van der Waals surface area contributed by atoms with Gasteiger partial charge in [-0.05, 0) is 30.7 Å². The molecule has 0 saturated heterocycles. The molecule has 2 aromatic carbocycles. The van der Waals surface area contributed by atoms with Crippen molar-refractivity contribution in [3.05, 3.63) is 69.5 Å². The Kier molecular flexibility index (Phi) is 6.99. The molecule has 0 aliphatic rings. The van der Waals surface area contributed by atoms with Crippen LogP contribution in [0, 0.1) is 6.92 Å². The van der Waals surface area contributed by atoms with Crippen LogP contribution in [0.2, 0.25) is 10.0 Å². The molecule has 28 heavy (non-hydrogen) atoms. The molecule has 5 nitrogen and oxygen atoms in total. The molecule has 3 rings (SSSR count). The summed E-state index contributed by atoms with van der Waals surface area (Å²) in [5.74, 6) is 1.86. The molecule has 1 heterocycles. The average molecular weight is 436 g/mol. The third-order valence-corrected chi connectivity index (χ3v) is 5.59. The number of carbonyl (C=O) groups excluding carboxylic acids is 1. The van der Waals surface area contributed by atoms with Crippen molar-refractivity contribution in [1.82, 2.24) is 15.0 Å². The molecule has 8 heteroatoms. The Bertz CT molecular complexity index is 978. The summed E-state index contributed by atoms with van der Waals surface area (Å²) in [4.78, 5) is 18.3. The molecule has 0 aliphatic carbocycles. The summed E-state index contributed by atoms with van der Waals surface area (Å²) in [7, 11) is 1.72. The topological polar surface area (TPSA) is 59.2 Å². The van der Waals surface area contributed by atoms with Crippen LogP contribution in [0.1, 0.15) is 17.0 Å². The molecule has 0 aliphatic heterocycles. The summed E-state index contributed by atoms with van der Waals surface area (Å²) in [6.45, 7) is 2.27. The summed E-state index contributed by atoms with van der Waals surface area (Å²) < 4.78 is 5.29. The van der Waals surface area contributed by atoms with Crippen LogP contribution in [0.25, 0.3) is 11.4 Å². The summed E-state index contributed by atoms with van der Waals surface area (Å²) in [5, 5.41) is 5.21. The summed E-state index contributed by atoms with van der Waals surface area (Å²) in [5.41, 5.74) is 2.96. The lowest BCUT2D eigenvalue weighted by atomic mass is 10.1. The monoisotopic (exact) mass is 435 g/mol. The smallest absolute Gasteiger partial charge is 0.246 e. The van der Waals surface area contributed by atoms with E-state index in [9.17, 15) is 4.79 Å². The maximum absolute atomic E-state index is 12.4. The molecule has 3 aromatic rings. The fraction of sp³-hybridized carbons (Fsp3) is 0.250. The minimum Gasteiger partial charge on any atom is -0.337 e. The highest BCUT2D eigenvalue weighted by molar-refractivity contribution is 7.99. The zero-order valence-corrected chi connectivity index (χ0v) is 17.8. The first-order valence-electron chi connectivity index (χ1n) is 8.57. The van der Waals surface area contributed by atoms with Gasteiger partial charge in [0.15, 0.2) is 0 Å². The normalized spacial score (nSPS) is 10.9. The number of rotatable bonds is 7. The number of aryl methyl sites for hydroxylation is 1. The number of amides is 1. The first kappa shape index (κ1) is 20.7. The number of benzene rings is 2. The van der Waals surface area contributed by atoms with Crippen LogP contribution in [0.15, 0.2) is 47.0 Å². The SMILES string of the molecule is Cc1cccc(-c2noc(CN(C)C(=O)CSCc3ccc(Cl)cc3Cl)n2)c1. The molecule has 146 valence electrons. The second-order valence-corrected chi connectivity index (χ2v) is 8.19. The summed E-state index contributed by atoms with van der Waals surface area (Å²) in [6.07, 6.45) is 0. The predicted molar refractivity (Wildman–Crippen MR) is 114 cm³/mol. The molecule has 0 N–H and O–H groups in total. The van der Waals surface area contributed by atoms with Gasteiger partial charge in [-0.15, -0.1) is 11.8 Å². The van der Waals surface area contributed by atoms with Crippen LogP contribution in [0.3, 0.4) is 0 Å². The second kappa shape index (κ2) is 9.45. The number of thioether (sulfide) groups is 1. The molecule has 0 spiro atoms. The molecule has 0 fully saturated rings. The number of hydrogen-bond acceptors (Lipinski definition) is 5. The van der Waals surface area contributed by atoms with Crippen molar-refractivity contribution >= 4 is 40.9 Å². The van der Waals surface area contributed by atoms with Gasteiger partial charge in [0.05, 0.1) is 12.3 Å². The van der Waals surface area contributed by atoms with E-state index in [1.807, 2.05) is 37.3 Å². The highest BCUT2D eigenvalue weighted by atomic mass is 35.5. The zero-order chi connectivity index (χ0) is 20.1. The number of aromatic nitrogens is 2. The lowest BCUT2D eigenvalue weighted by Crippen LogP contribution is -2.28. The number of nitrogens with zero attached hydrogens (tertiary/aromatic N) is 3. The quantitative estimate of drug-likeness (QED) is 0.507. The van der Waals surface area contributed by atoms with Crippen LogP contribution in [0.4, 0.5) is 0 Å². The molecule has 1 aromatic heterocycles. The Morgan fingerprint density at radius 1 is 1.21 bits per heavy atom. The van der Waals surface area contributed by atoms with Crippen molar-refractivity contribution in [3.8, 4) is 11.4 Å². The molecule has 0 bridgehead atoms. The standard InChI is InChI=1S/C20H19Cl2N3O2S/c1-13-4-3-5-14(8-13)20-23-18(27-24-20)10-25(2)19(26)12-28-11-15-6-7-16(21)9-17(15)22/h3-9H,10-12H2,1-2H3. The van der Waals surface area contributed by atoms with E-state index in [4.69, 9.17) is 27.7 Å². The number of carbonyl (C=O) groups is 1. The van der Waals surface area contributed by atoms with Gasteiger partial charge in [0.1, 0.15) is 0 Å². The van der Waals surface area contributed by atoms with Gasteiger partial charge in [-0.3, -0.25) is 4.79 Å². The van der Waals surface area contributed by atoms with Gasteiger partial charge in [-0.25, -0.2) is 0 Å². The van der Waals surface area contributed by atoms with Crippen LogP contribution in [-0.2, 0) is 17.1 Å². The highest BCUT2D eigenvalue weighted by Crippen LogP contribution is 2.25. The van der Waals surface area contributed by atoms with Crippen LogP contribution >= 0.6 is 35.0 Å². The van der Waals surface area contributed by atoms with Crippen molar-refractivity contribution in [1.29, 1.82) is 0 Å². The van der Waals surface area contributed by atoms with E-state index in [1.165, 1.54) is 11.8 Å². The molecule has 1 amide bonds. The molecule has 0 unspecified atom stereocenters. The molecule has 0 radical (unpaired) electrons. The van der Waals surface area contributed by atoms with Crippen LogP contribution in [-0.4, -0.2) is 33.7 Å². The lowest BCUT2D eigenvalue weighted by Gasteiger charge is -2.14. The Hall–Kier alpha value is -2.02. The molecule has 0 saturated carbocycles. The van der Waals surface area contributed by atoms with Crippen molar-refractivity contribution in [2.45, 2.75) is 19.2 Å². The van der Waals surface area contributed by atoms with Crippen molar-refractivity contribution < 1.29 is 9.32 Å². The Labute approximate surface area is 178 Å². The van der Waals surface area contributed by atoms with Crippen molar-refractivity contribution in [2.24, 2.45) is 0 Å². The highest BCUT2D eigenvalue weighted by Gasteiger charge is 2.15. The van der Waals surface area contributed by atoms with Gasteiger partial charge >= 0.3 is 0 Å². The number of halogens is 2. The largest absolute Gasteiger partial charge is 0.337 e. The average Bonchev–Trinajstić information content (AvgIpc) is 3.12. The van der Waals surface area contributed by atoms with Gasteiger partial charge in [0, 0.05) is 28.4 Å². The Morgan fingerprint density at radius 2 is 2.04 bits per heavy atom. The van der Waals surface area contributed by atoms with Crippen molar-refractivity contribution in [3.63, 3.8) is 0 Å². The molecule has 0 atom stereocenters. The second-order valence-electron chi connectivity index (χ2n) is 6.36. The maximum atomic E-state index is 12.4.